The van der Waals surface area contributed by atoms with Crippen LogP contribution in [0.4, 0.5) is 4.39 Å². The summed E-state index contributed by atoms with van der Waals surface area (Å²) in [4.78, 5) is 4.20. The summed E-state index contributed by atoms with van der Waals surface area (Å²) in [6, 6.07) is 3.72. The molecular formula is C14H17ClFN3. The van der Waals surface area contributed by atoms with Gasteiger partial charge in [-0.15, -0.1) is 0 Å². The van der Waals surface area contributed by atoms with Crippen molar-refractivity contribution in [3.05, 3.63) is 51.8 Å². The van der Waals surface area contributed by atoms with Crippen LogP contribution < -0.4 is 5.32 Å². The van der Waals surface area contributed by atoms with Gasteiger partial charge in [-0.2, -0.15) is 0 Å². The van der Waals surface area contributed by atoms with Crippen molar-refractivity contribution < 1.29 is 4.39 Å². The average molecular weight is 282 g/mol. The van der Waals surface area contributed by atoms with E-state index in [4.69, 9.17) is 11.6 Å². The molecule has 102 valence electrons. The highest BCUT2D eigenvalue weighted by Crippen LogP contribution is 2.15. The first-order valence-electron chi connectivity index (χ1n) is 6.11. The van der Waals surface area contributed by atoms with Gasteiger partial charge in [0, 0.05) is 13.6 Å². The van der Waals surface area contributed by atoms with Crippen LogP contribution in [0.15, 0.2) is 18.3 Å². The van der Waals surface area contributed by atoms with Crippen molar-refractivity contribution in [2.24, 2.45) is 7.05 Å². The zero-order chi connectivity index (χ0) is 14.0. The number of halogens is 2. The van der Waals surface area contributed by atoms with Crippen LogP contribution in [0.3, 0.4) is 0 Å². The SMILES string of the molecule is Cc1cc(CNCc2ncc(Cl)n2C)cc(C)c1F. The second kappa shape index (κ2) is 5.72. The Morgan fingerprint density at radius 2 is 1.89 bits per heavy atom. The molecule has 0 atom stereocenters. The Morgan fingerprint density at radius 3 is 2.42 bits per heavy atom. The summed E-state index contributed by atoms with van der Waals surface area (Å²) in [7, 11) is 1.87. The van der Waals surface area contributed by atoms with Crippen LogP contribution in [-0.2, 0) is 20.1 Å². The van der Waals surface area contributed by atoms with E-state index in [1.54, 1.807) is 20.0 Å². The van der Waals surface area contributed by atoms with E-state index in [1.807, 2.05) is 23.7 Å². The molecule has 0 amide bonds. The van der Waals surface area contributed by atoms with E-state index >= 15 is 0 Å². The first-order valence-corrected chi connectivity index (χ1v) is 6.49. The predicted molar refractivity (Wildman–Crippen MR) is 74.6 cm³/mol. The molecule has 5 heteroatoms. The molecule has 0 fully saturated rings. The Kier molecular flexibility index (Phi) is 4.22. The Morgan fingerprint density at radius 1 is 1.26 bits per heavy atom. The van der Waals surface area contributed by atoms with E-state index in [9.17, 15) is 4.39 Å². The van der Waals surface area contributed by atoms with Gasteiger partial charge < -0.3 is 9.88 Å². The predicted octanol–water partition coefficient (Wildman–Crippen LogP) is 3.12. The number of rotatable bonds is 4. The van der Waals surface area contributed by atoms with Gasteiger partial charge in [-0.3, -0.25) is 0 Å². The number of hydrogen-bond acceptors (Lipinski definition) is 2. The molecule has 2 rings (SSSR count). The molecule has 0 saturated carbocycles. The maximum atomic E-state index is 13.5. The molecule has 3 nitrogen and oxygen atoms in total. The molecule has 0 unspecified atom stereocenters. The van der Waals surface area contributed by atoms with Crippen molar-refractivity contribution in [3.63, 3.8) is 0 Å². The Hall–Kier alpha value is -1.39. The first-order chi connectivity index (χ1) is 8.99. The minimum atomic E-state index is -0.125. The molecule has 0 radical (unpaired) electrons. The smallest absolute Gasteiger partial charge is 0.129 e. The van der Waals surface area contributed by atoms with Gasteiger partial charge in [0.15, 0.2) is 0 Å². The van der Waals surface area contributed by atoms with E-state index in [1.165, 1.54) is 0 Å². The van der Waals surface area contributed by atoms with E-state index in [0.717, 1.165) is 11.4 Å². The molecule has 1 heterocycles. The van der Waals surface area contributed by atoms with Gasteiger partial charge in [-0.25, -0.2) is 9.37 Å². The Bertz CT molecular complexity index is 569. The van der Waals surface area contributed by atoms with Crippen molar-refractivity contribution in [1.82, 2.24) is 14.9 Å². The highest BCUT2D eigenvalue weighted by Gasteiger charge is 2.06. The maximum Gasteiger partial charge on any atom is 0.129 e. The molecule has 1 aromatic carbocycles. The van der Waals surface area contributed by atoms with E-state index in [-0.39, 0.29) is 5.82 Å². The molecule has 19 heavy (non-hydrogen) atoms. The molecule has 0 aliphatic heterocycles. The largest absolute Gasteiger partial charge is 0.321 e. The second-order valence-corrected chi connectivity index (χ2v) is 5.09. The van der Waals surface area contributed by atoms with E-state index in [2.05, 4.69) is 10.3 Å². The van der Waals surface area contributed by atoms with Gasteiger partial charge in [0.25, 0.3) is 0 Å². The molecule has 1 aromatic heterocycles. The average Bonchev–Trinajstić information content (AvgIpc) is 2.68. The van der Waals surface area contributed by atoms with Crippen LogP contribution in [-0.4, -0.2) is 9.55 Å². The molecule has 0 aliphatic rings. The monoisotopic (exact) mass is 281 g/mol. The van der Waals surface area contributed by atoms with Gasteiger partial charge in [-0.05, 0) is 30.5 Å². The third-order valence-corrected chi connectivity index (χ3v) is 3.49. The highest BCUT2D eigenvalue weighted by atomic mass is 35.5. The van der Waals surface area contributed by atoms with Crippen molar-refractivity contribution in [1.29, 1.82) is 0 Å². The van der Waals surface area contributed by atoms with Crippen LogP contribution in [0, 0.1) is 19.7 Å². The molecule has 2 aromatic rings. The normalized spacial score (nSPS) is 11.0. The second-order valence-electron chi connectivity index (χ2n) is 4.70. The van der Waals surface area contributed by atoms with Gasteiger partial charge in [0.1, 0.15) is 16.8 Å². The summed E-state index contributed by atoms with van der Waals surface area (Å²) in [5.74, 6) is 0.750. The Balaban J connectivity index is 1.98. The van der Waals surface area contributed by atoms with Crippen molar-refractivity contribution >= 4 is 11.6 Å². The van der Waals surface area contributed by atoms with Crippen LogP contribution in [0.2, 0.25) is 5.15 Å². The number of benzene rings is 1. The number of aromatic nitrogens is 2. The van der Waals surface area contributed by atoms with Crippen LogP contribution >= 0.6 is 11.6 Å². The minimum absolute atomic E-state index is 0.125. The summed E-state index contributed by atoms with van der Waals surface area (Å²) in [5.41, 5.74) is 2.42. The quantitative estimate of drug-likeness (QED) is 0.933. The molecule has 1 N–H and O–H groups in total. The third kappa shape index (κ3) is 3.14. The molecule has 0 spiro atoms. The lowest BCUT2D eigenvalue weighted by Crippen LogP contribution is -2.16. The zero-order valence-corrected chi connectivity index (χ0v) is 12.1. The summed E-state index contributed by atoms with van der Waals surface area (Å²) in [6.07, 6.45) is 1.63. The Labute approximate surface area is 117 Å². The van der Waals surface area contributed by atoms with E-state index < -0.39 is 0 Å². The fraction of sp³-hybridized carbons (Fsp3) is 0.357. The lowest BCUT2D eigenvalue weighted by molar-refractivity contribution is 0.603. The topological polar surface area (TPSA) is 29.9 Å². The number of aryl methyl sites for hydroxylation is 2. The lowest BCUT2D eigenvalue weighted by Gasteiger charge is -2.08. The molecule has 0 saturated heterocycles. The first kappa shape index (κ1) is 14.0. The lowest BCUT2D eigenvalue weighted by atomic mass is 10.1. The standard InChI is InChI=1S/C14H17ClFN3/c1-9-4-11(5-10(2)14(9)16)6-17-8-13-18-7-12(15)19(13)3/h4-5,7,17H,6,8H2,1-3H3. The number of hydrogen-bond donors (Lipinski definition) is 1. The number of nitrogens with zero attached hydrogens (tertiary/aromatic N) is 2. The molecular weight excluding hydrogens is 265 g/mol. The summed E-state index contributed by atoms with van der Waals surface area (Å²) >= 11 is 5.92. The fourth-order valence-electron chi connectivity index (χ4n) is 2.04. The van der Waals surface area contributed by atoms with Crippen LogP contribution in [0.25, 0.3) is 0 Å². The minimum Gasteiger partial charge on any atom is -0.321 e. The van der Waals surface area contributed by atoms with E-state index in [0.29, 0.717) is 29.4 Å². The summed E-state index contributed by atoms with van der Waals surface area (Å²) in [6.45, 7) is 4.86. The van der Waals surface area contributed by atoms with Gasteiger partial charge in [0.2, 0.25) is 0 Å². The van der Waals surface area contributed by atoms with Crippen LogP contribution in [0.5, 0.6) is 0 Å². The zero-order valence-electron chi connectivity index (χ0n) is 11.3. The van der Waals surface area contributed by atoms with Crippen molar-refractivity contribution in [3.8, 4) is 0 Å². The number of imidazole rings is 1. The summed E-state index contributed by atoms with van der Waals surface area (Å²) in [5, 5.41) is 3.90. The summed E-state index contributed by atoms with van der Waals surface area (Å²) < 4.78 is 15.3. The van der Waals surface area contributed by atoms with Crippen molar-refractivity contribution in [2.45, 2.75) is 26.9 Å². The van der Waals surface area contributed by atoms with Crippen molar-refractivity contribution in [2.75, 3.05) is 0 Å². The molecule has 0 bridgehead atoms. The highest BCUT2D eigenvalue weighted by molar-refractivity contribution is 6.29. The van der Waals surface area contributed by atoms with Crippen LogP contribution in [0.1, 0.15) is 22.5 Å². The fourth-order valence-corrected chi connectivity index (χ4v) is 2.19. The maximum absolute atomic E-state index is 13.5. The third-order valence-electron chi connectivity index (χ3n) is 3.14. The van der Waals surface area contributed by atoms with Gasteiger partial charge >= 0.3 is 0 Å². The number of nitrogens with one attached hydrogen (secondary N) is 1. The molecule has 0 aliphatic carbocycles. The van der Waals surface area contributed by atoms with Gasteiger partial charge in [0.05, 0.1) is 12.7 Å². The van der Waals surface area contributed by atoms with Gasteiger partial charge in [-0.1, -0.05) is 23.7 Å².